The summed E-state index contributed by atoms with van der Waals surface area (Å²) in [5.41, 5.74) is 7.68. The van der Waals surface area contributed by atoms with Gasteiger partial charge in [0.2, 0.25) is 0 Å². The Balaban J connectivity index is 2.02. The number of benzene rings is 1. The number of aromatic nitrogens is 1. The van der Waals surface area contributed by atoms with Gasteiger partial charge in [0.05, 0.1) is 11.8 Å². The number of nitrogens with one attached hydrogen (secondary N) is 1. The lowest BCUT2D eigenvalue weighted by Gasteiger charge is -2.12. The first-order valence-electron chi connectivity index (χ1n) is 6.13. The fourth-order valence-corrected chi connectivity index (χ4v) is 1.88. The van der Waals surface area contributed by atoms with Crippen molar-refractivity contribution in [2.75, 3.05) is 17.6 Å². The Morgan fingerprint density at radius 1 is 1.44 bits per heavy atom. The van der Waals surface area contributed by atoms with Crippen LogP contribution >= 0.6 is 0 Å². The first kappa shape index (κ1) is 12.7. The van der Waals surface area contributed by atoms with E-state index in [4.69, 9.17) is 10.2 Å². The molecule has 98 valence electrons. The van der Waals surface area contributed by atoms with Gasteiger partial charge in [0.1, 0.15) is 5.52 Å². The average Bonchev–Trinajstić information content (AvgIpc) is 2.70. The molecule has 1 aromatic heterocycles. The van der Waals surface area contributed by atoms with Crippen LogP contribution in [-0.2, 0) is 0 Å². The van der Waals surface area contributed by atoms with Crippen LogP contribution in [0.25, 0.3) is 11.1 Å². The molecule has 0 saturated carbocycles. The van der Waals surface area contributed by atoms with Gasteiger partial charge in [-0.15, -0.1) is 0 Å². The second-order valence-corrected chi connectivity index (χ2v) is 4.88. The molecule has 2 rings (SSSR count). The van der Waals surface area contributed by atoms with E-state index in [9.17, 15) is 5.11 Å². The highest BCUT2D eigenvalue weighted by Gasteiger charge is 2.10. The number of rotatable bonds is 5. The Labute approximate surface area is 106 Å². The Morgan fingerprint density at radius 3 is 2.89 bits per heavy atom. The van der Waals surface area contributed by atoms with E-state index in [2.05, 4.69) is 24.1 Å². The predicted molar refractivity (Wildman–Crippen MR) is 72.4 cm³/mol. The van der Waals surface area contributed by atoms with Crippen LogP contribution < -0.4 is 11.1 Å². The molecule has 0 aliphatic carbocycles. The molecule has 1 aromatic carbocycles. The number of hydrogen-bond donors (Lipinski definition) is 3. The van der Waals surface area contributed by atoms with E-state index in [0.717, 1.165) is 6.42 Å². The molecular weight excluding hydrogens is 230 g/mol. The zero-order valence-corrected chi connectivity index (χ0v) is 10.7. The monoisotopic (exact) mass is 249 g/mol. The summed E-state index contributed by atoms with van der Waals surface area (Å²) in [6.07, 6.45) is 0.340. The minimum Gasteiger partial charge on any atom is -0.423 e. The van der Waals surface area contributed by atoms with E-state index < -0.39 is 6.10 Å². The Morgan fingerprint density at radius 2 is 2.22 bits per heavy atom. The molecule has 0 saturated heterocycles. The number of nitrogen functional groups attached to an aromatic ring is 1. The van der Waals surface area contributed by atoms with E-state index in [1.165, 1.54) is 0 Å². The van der Waals surface area contributed by atoms with Gasteiger partial charge >= 0.3 is 0 Å². The topological polar surface area (TPSA) is 84.3 Å². The molecule has 0 aliphatic rings. The highest BCUT2D eigenvalue weighted by Crippen LogP contribution is 2.23. The number of aliphatic hydroxyl groups is 1. The van der Waals surface area contributed by atoms with Crippen LogP contribution in [-0.4, -0.2) is 22.7 Å². The number of nitrogens with zero attached hydrogens (tertiary/aromatic N) is 1. The first-order valence-corrected chi connectivity index (χ1v) is 6.13. The van der Waals surface area contributed by atoms with Crippen molar-refractivity contribution in [3.63, 3.8) is 0 Å². The smallest absolute Gasteiger partial charge is 0.295 e. The molecule has 2 aromatic rings. The van der Waals surface area contributed by atoms with Crippen molar-refractivity contribution in [3.8, 4) is 0 Å². The summed E-state index contributed by atoms with van der Waals surface area (Å²) < 4.78 is 5.49. The van der Waals surface area contributed by atoms with Gasteiger partial charge in [-0.2, -0.15) is 4.98 Å². The number of para-hydroxylation sites is 1. The van der Waals surface area contributed by atoms with Crippen molar-refractivity contribution in [1.29, 1.82) is 0 Å². The fraction of sp³-hybridized carbons (Fsp3) is 0.462. The number of oxazole rings is 1. The van der Waals surface area contributed by atoms with Crippen LogP contribution in [0.5, 0.6) is 0 Å². The van der Waals surface area contributed by atoms with E-state index >= 15 is 0 Å². The molecule has 4 N–H and O–H groups in total. The molecule has 18 heavy (non-hydrogen) atoms. The maximum Gasteiger partial charge on any atom is 0.295 e. The molecular formula is C13H19N3O2. The average molecular weight is 249 g/mol. The van der Waals surface area contributed by atoms with Crippen molar-refractivity contribution in [2.24, 2.45) is 5.92 Å². The fourth-order valence-electron chi connectivity index (χ4n) is 1.88. The lowest BCUT2D eigenvalue weighted by molar-refractivity contribution is 0.160. The van der Waals surface area contributed by atoms with Crippen LogP contribution in [0.2, 0.25) is 0 Å². The van der Waals surface area contributed by atoms with Gasteiger partial charge in [-0.1, -0.05) is 19.9 Å². The van der Waals surface area contributed by atoms with E-state index in [0.29, 0.717) is 35.3 Å². The highest BCUT2D eigenvalue weighted by molar-refractivity contribution is 5.86. The standard InChI is InChI=1S/C13H19N3O2/c1-8(2)6-9(17)7-15-13-16-12-10(14)4-3-5-11(12)18-13/h3-5,8-9,17H,6-7,14H2,1-2H3,(H,15,16). The molecule has 5 nitrogen and oxygen atoms in total. The number of anilines is 2. The third-order valence-electron chi connectivity index (χ3n) is 2.68. The molecule has 0 amide bonds. The SMILES string of the molecule is CC(C)CC(O)CNc1nc2c(N)cccc2o1. The van der Waals surface area contributed by atoms with E-state index in [-0.39, 0.29) is 0 Å². The number of hydrogen-bond acceptors (Lipinski definition) is 5. The summed E-state index contributed by atoms with van der Waals surface area (Å²) in [4.78, 5) is 4.25. The summed E-state index contributed by atoms with van der Waals surface area (Å²) in [7, 11) is 0. The molecule has 1 atom stereocenters. The zero-order valence-electron chi connectivity index (χ0n) is 10.7. The minimum absolute atomic E-state index is 0.394. The lowest BCUT2D eigenvalue weighted by Crippen LogP contribution is -2.21. The van der Waals surface area contributed by atoms with Crippen LogP contribution in [0.4, 0.5) is 11.7 Å². The molecule has 0 radical (unpaired) electrons. The van der Waals surface area contributed by atoms with E-state index in [1.54, 1.807) is 6.07 Å². The van der Waals surface area contributed by atoms with Gasteiger partial charge in [-0.25, -0.2) is 0 Å². The van der Waals surface area contributed by atoms with Crippen molar-refractivity contribution in [2.45, 2.75) is 26.4 Å². The predicted octanol–water partition coefficient (Wildman–Crippen LogP) is 2.23. The van der Waals surface area contributed by atoms with E-state index in [1.807, 2.05) is 12.1 Å². The molecule has 0 spiro atoms. The number of aliphatic hydroxyl groups excluding tert-OH is 1. The summed E-state index contributed by atoms with van der Waals surface area (Å²) in [5, 5.41) is 12.7. The largest absolute Gasteiger partial charge is 0.423 e. The minimum atomic E-state index is -0.405. The molecule has 1 unspecified atom stereocenters. The molecule has 0 aliphatic heterocycles. The summed E-state index contributed by atoms with van der Waals surface area (Å²) in [6.45, 7) is 4.57. The number of nitrogens with two attached hydrogens (primary N) is 1. The normalized spacial score (nSPS) is 13.1. The third-order valence-corrected chi connectivity index (χ3v) is 2.68. The van der Waals surface area contributed by atoms with Gasteiger partial charge in [0.15, 0.2) is 5.58 Å². The lowest BCUT2D eigenvalue weighted by atomic mass is 10.1. The van der Waals surface area contributed by atoms with Gasteiger partial charge in [0.25, 0.3) is 6.01 Å². The maximum atomic E-state index is 9.75. The van der Waals surface area contributed by atoms with Crippen molar-refractivity contribution >= 4 is 22.8 Å². The zero-order chi connectivity index (χ0) is 13.1. The Bertz CT molecular complexity index is 522. The van der Waals surface area contributed by atoms with Crippen LogP contribution in [0.3, 0.4) is 0 Å². The van der Waals surface area contributed by atoms with Gasteiger partial charge in [-0.05, 0) is 24.5 Å². The van der Waals surface area contributed by atoms with Gasteiger partial charge in [-0.3, -0.25) is 0 Å². The van der Waals surface area contributed by atoms with Crippen molar-refractivity contribution in [1.82, 2.24) is 4.98 Å². The molecule has 5 heteroatoms. The van der Waals surface area contributed by atoms with Crippen LogP contribution in [0.1, 0.15) is 20.3 Å². The molecule has 0 bridgehead atoms. The molecule has 0 fully saturated rings. The second-order valence-electron chi connectivity index (χ2n) is 4.88. The highest BCUT2D eigenvalue weighted by atomic mass is 16.4. The second kappa shape index (κ2) is 5.27. The van der Waals surface area contributed by atoms with Crippen LogP contribution in [0, 0.1) is 5.92 Å². The van der Waals surface area contributed by atoms with Crippen molar-refractivity contribution < 1.29 is 9.52 Å². The summed E-state index contributed by atoms with van der Waals surface area (Å²) >= 11 is 0. The molecule has 1 heterocycles. The third kappa shape index (κ3) is 2.92. The Kier molecular flexibility index (Phi) is 3.72. The Hall–Kier alpha value is -1.75. The van der Waals surface area contributed by atoms with Gasteiger partial charge < -0.3 is 20.6 Å². The summed E-state index contributed by atoms with van der Waals surface area (Å²) in [5.74, 6) is 0.459. The maximum absolute atomic E-state index is 9.75. The van der Waals surface area contributed by atoms with Gasteiger partial charge in [0, 0.05) is 6.54 Å². The van der Waals surface area contributed by atoms with Crippen LogP contribution in [0.15, 0.2) is 22.6 Å². The first-order chi connectivity index (χ1) is 8.56. The quantitative estimate of drug-likeness (QED) is 0.708. The van der Waals surface area contributed by atoms with Crippen molar-refractivity contribution in [3.05, 3.63) is 18.2 Å². The summed E-state index contributed by atoms with van der Waals surface area (Å²) in [6, 6.07) is 5.81. The number of fused-ring (bicyclic) bond motifs is 1.